The van der Waals surface area contributed by atoms with Crippen LogP contribution in [0.3, 0.4) is 0 Å². The molecule has 1 saturated heterocycles. The van der Waals surface area contributed by atoms with E-state index in [4.69, 9.17) is 5.26 Å². The second-order valence-electron chi connectivity index (χ2n) is 7.91. The lowest BCUT2D eigenvalue weighted by atomic mass is 10.0. The number of ketones is 1. The fourth-order valence-electron chi connectivity index (χ4n) is 3.85. The number of alkyl halides is 2. The lowest BCUT2D eigenvalue weighted by Gasteiger charge is -2.18. The molecule has 1 aromatic carbocycles. The number of fused-ring (bicyclic) bond motifs is 1. The highest BCUT2D eigenvalue weighted by atomic mass is 19.3. The number of para-hydroxylation sites is 1. The molecule has 0 saturated carbocycles. The second-order valence-corrected chi connectivity index (χ2v) is 7.91. The number of benzene rings is 1. The zero-order valence-corrected chi connectivity index (χ0v) is 17.6. The van der Waals surface area contributed by atoms with Gasteiger partial charge in [-0.3, -0.25) is 19.6 Å². The van der Waals surface area contributed by atoms with Crippen molar-refractivity contribution in [1.29, 1.82) is 5.26 Å². The maximum absolute atomic E-state index is 13.6. The smallest absolute Gasteiger partial charge is 0.268 e. The number of nitrogens with zero attached hydrogens (tertiary/aromatic N) is 4. The summed E-state index contributed by atoms with van der Waals surface area (Å²) in [4.78, 5) is 34.5. The molecule has 166 valence electrons. The van der Waals surface area contributed by atoms with E-state index < -0.39 is 30.8 Å². The van der Waals surface area contributed by atoms with Gasteiger partial charge in [0, 0.05) is 54.4 Å². The number of pyridine rings is 2. The predicted molar refractivity (Wildman–Crippen MR) is 119 cm³/mol. The number of aromatic nitrogens is 2. The van der Waals surface area contributed by atoms with Crippen molar-refractivity contribution in [3.05, 3.63) is 71.7 Å². The lowest BCUT2D eigenvalue weighted by Crippen LogP contribution is -2.36. The van der Waals surface area contributed by atoms with E-state index in [-0.39, 0.29) is 18.6 Å². The van der Waals surface area contributed by atoms with E-state index in [9.17, 15) is 18.4 Å². The first-order valence-corrected chi connectivity index (χ1v) is 10.4. The quantitative estimate of drug-likeness (QED) is 0.520. The molecule has 8 heteroatoms. The Morgan fingerprint density at radius 2 is 2.00 bits per heavy atom. The number of amides is 1. The molecule has 1 aliphatic rings. The molecular formula is C25H20F2N4O2. The van der Waals surface area contributed by atoms with Crippen LogP contribution >= 0.6 is 0 Å². The van der Waals surface area contributed by atoms with Crippen molar-refractivity contribution in [3.63, 3.8) is 0 Å². The molecule has 0 spiro atoms. The molecule has 0 radical (unpaired) electrons. The second kappa shape index (κ2) is 9.25. The topological polar surface area (TPSA) is 87.0 Å². The Kier molecular flexibility index (Phi) is 6.22. The average molecular weight is 446 g/mol. The Balaban J connectivity index is 1.45. The van der Waals surface area contributed by atoms with Crippen LogP contribution in [0.15, 0.2) is 55.0 Å². The Morgan fingerprint density at radius 3 is 2.82 bits per heavy atom. The predicted octanol–water partition coefficient (Wildman–Crippen LogP) is 4.52. The van der Waals surface area contributed by atoms with Crippen LogP contribution in [0.1, 0.15) is 40.7 Å². The van der Waals surface area contributed by atoms with Gasteiger partial charge in [0.15, 0.2) is 5.78 Å². The number of likely N-dealkylation sites (tertiary alicyclic amines) is 1. The number of nitriles is 1. The minimum atomic E-state index is -3.08. The summed E-state index contributed by atoms with van der Waals surface area (Å²) in [6.45, 7) is -0.790. The summed E-state index contributed by atoms with van der Waals surface area (Å²) in [6, 6.07) is 11.8. The number of hydrogen-bond acceptors (Lipinski definition) is 5. The highest BCUT2D eigenvalue weighted by Gasteiger charge is 2.47. The maximum Gasteiger partial charge on any atom is 0.268 e. The van der Waals surface area contributed by atoms with Gasteiger partial charge in [-0.2, -0.15) is 5.26 Å². The van der Waals surface area contributed by atoms with Crippen LogP contribution in [0, 0.1) is 11.3 Å². The molecule has 4 rings (SSSR count). The standard InChI is InChI=1S/C25H20F2N4O2/c26-25(27)12-20(13-28)31(16-25)24(33)8-7-23(32)21-9-10-29-15-19(21)6-5-17-11-18-3-1-2-4-22(18)30-14-17/h1-6,9-11,14-15,20H,7-8,12,16H2/b6-5+/t20-/m0/s1. The van der Waals surface area contributed by atoms with Gasteiger partial charge < -0.3 is 4.90 Å². The van der Waals surface area contributed by atoms with Crippen LogP contribution in [-0.4, -0.2) is 45.1 Å². The minimum Gasteiger partial charge on any atom is -0.320 e. The summed E-state index contributed by atoms with van der Waals surface area (Å²) in [5.74, 6) is -4.01. The number of halogens is 2. The lowest BCUT2D eigenvalue weighted by molar-refractivity contribution is -0.132. The average Bonchev–Trinajstić information content (AvgIpc) is 3.15. The highest BCUT2D eigenvalue weighted by Crippen LogP contribution is 2.32. The summed E-state index contributed by atoms with van der Waals surface area (Å²) in [7, 11) is 0. The maximum atomic E-state index is 13.6. The molecule has 1 amide bonds. The van der Waals surface area contributed by atoms with E-state index in [0.29, 0.717) is 11.1 Å². The summed E-state index contributed by atoms with van der Waals surface area (Å²) in [5.41, 5.74) is 2.69. The van der Waals surface area contributed by atoms with Gasteiger partial charge in [0.2, 0.25) is 5.91 Å². The van der Waals surface area contributed by atoms with E-state index in [1.807, 2.05) is 36.4 Å². The van der Waals surface area contributed by atoms with Crippen LogP contribution in [-0.2, 0) is 4.79 Å². The monoisotopic (exact) mass is 446 g/mol. The van der Waals surface area contributed by atoms with E-state index in [0.717, 1.165) is 21.4 Å². The van der Waals surface area contributed by atoms with Crippen molar-refractivity contribution in [3.8, 4) is 6.07 Å². The van der Waals surface area contributed by atoms with E-state index >= 15 is 0 Å². The molecule has 0 unspecified atom stereocenters. The summed E-state index contributed by atoms with van der Waals surface area (Å²) < 4.78 is 27.2. The fraction of sp³-hybridized carbons (Fsp3) is 0.240. The fourth-order valence-corrected chi connectivity index (χ4v) is 3.85. The first kappa shape index (κ1) is 22.2. The largest absolute Gasteiger partial charge is 0.320 e. The first-order chi connectivity index (χ1) is 15.9. The molecule has 3 aromatic rings. The number of carbonyl (C=O) groups is 2. The van der Waals surface area contributed by atoms with Crippen molar-refractivity contribution < 1.29 is 18.4 Å². The normalized spacial score (nSPS) is 17.4. The number of Topliss-reactive ketones (excluding diaryl/α,β-unsaturated/α-hetero) is 1. The van der Waals surface area contributed by atoms with Crippen molar-refractivity contribution in [2.45, 2.75) is 31.2 Å². The van der Waals surface area contributed by atoms with Crippen LogP contribution in [0.25, 0.3) is 23.1 Å². The third-order valence-corrected chi connectivity index (χ3v) is 5.52. The van der Waals surface area contributed by atoms with Crippen molar-refractivity contribution in [2.24, 2.45) is 0 Å². The zero-order chi connectivity index (χ0) is 23.4. The van der Waals surface area contributed by atoms with Gasteiger partial charge in [0.25, 0.3) is 5.92 Å². The van der Waals surface area contributed by atoms with Gasteiger partial charge in [0.1, 0.15) is 6.04 Å². The third kappa shape index (κ3) is 5.09. The summed E-state index contributed by atoms with van der Waals surface area (Å²) in [5, 5.41) is 10.0. The van der Waals surface area contributed by atoms with Crippen LogP contribution in [0.5, 0.6) is 0 Å². The molecule has 2 aromatic heterocycles. The molecule has 1 aliphatic heterocycles. The Labute approximate surface area is 189 Å². The van der Waals surface area contributed by atoms with Crippen LogP contribution in [0.2, 0.25) is 0 Å². The number of rotatable bonds is 6. The SMILES string of the molecule is N#C[C@@H]1CC(F)(F)CN1C(=O)CCC(=O)c1ccncc1/C=C/c1cnc2ccccc2c1. The van der Waals surface area contributed by atoms with Crippen molar-refractivity contribution in [2.75, 3.05) is 6.54 Å². The summed E-state index contributed by atoms with van der Waals surface area (Å²) in [6.07, 6.45) is 7.26. The van der Waals surface area contributed by atoms with Gasteiger partial charge >= 0.3 is 0 Å². The van der Waals surface area contributed by atoms with Gasteiger partial charge in [-0.05, 0) is 23.8 Å². The van der Waals surface area contributed by atoms with E-state index in [1.165, 1.54) is 6.20 Å². The molecule has 3 heterocycles. The third-order valence-electron chi connectivity index (χ3n) is 5.52. The molecule has 1 atom stereocenters. The molecule has 0 bridgehead atoms. The van der Waals surface area contributed by atoms with Crippen LogP contribution < -0.4 is 0 Å². The molecular weight excluding hydrogens is 426 g/mol. The highest BCUT2D eigenvalue weighted by molar-refractivity contribution is 6.01. The first-order valence-electron chi connectivity index (χ1n) is 10.4. The van der Waals surface area contributed by atoms with Gasteiger partial charge in [-0.1, -0.05) is 30.4 Å². The van der Waals surface area contributed by atoms with E-state index in [2.05, 4.69) is 9.97 Å². The van der Waals surface area contributed by atoms with Crippen molar-refractivity contribution >= 4 is 34.7 Å². The molecule has 6 nitrogen and oxygen atoms in total. The molecule has 1 fully saturated rings. The van der Waals surface area contributed by atoms with Crippen LogP contribution in [0.4, 0.5) is 8.78 Å². The number of carbonyl (C=O) groups excluding carboxylic acids is 2. The molecule has 0 N–H and O–H groups in total. The minimum absolute atomic E-state index is 0.151. The molecule has 33 heavy (non-hydrogen) atoms. The van der Waals surface area contributed by atoms with Gasteiger partial charge in [0.05, 0.1) is 18.1 Å². The van der Waals surface area contributed by atoms with Gasteiger partial charge in [-0.15, -0.1) is 0 Å². The molecule has 0 aliphatic carbocycles. The number of hydrogen-bond donors (Lipinski definition) is 0. The Bertz CT molecular complexity index is 1280. The van der Waals surface area contributed by atoms with Gasteiger partial charge in [-0.25, -0.2) is 8.78 Å². The Hall–Kier alpha value is -3.99. The Morgan fingerprint density at radius 1 is 1.18 bits per heavy atom. The summed E-state index contributed by atoms with van der Waals surface area (Å²) >= 11 is 0. The van der Waals surface area contributed by atoms with E-state index in [1.54, 1.807) is 30.6 Å². The zero-order valence-electron chi connectivity index (χ0n) is 17.6. The van der Waals surface area contributed by atoms with Crippen molar-refractivity contribution in [1.82, 2.24) is 14.9 Å².